The molecule has 85 valence electrons. The van der Waals surface area contributed by atoms with Crippen molar-refractivity contribution in [1.29, 1.82) is 0 Å². The summed E-state index contributed by atoms with van der Waals surface area (Å²) in [4.78, 5) is 13.7. The topological polar surface area (TPSA) is 46.3 Å². The highest BCUT2D eigenvalue weighted by molar-refractivity contribution is 6.05. The molecule has 17 heavy (non-hydrogen) atoms. The minimum absolute atomic E-state index is 0.0979. The van der Waals surface area contributed by atoms with Crippen LogP contribution in [0, 0.1) is 6.07 Å². The quantitative estimate of drug-likeness (QED) is 0.813. The summed E-state index contributed by atoms with van der Waals surface area (Å²) >= 11 is 0. The molecule has 3 heteroatoms. The van der Waals surface area contributed by atoms with Gasteiger partial charge >= 0.3 is 0 Å². The Labute approximate surface area is 100 Å². The van der Waals surface area contributed by atoms with Crippen molar-refractivity contribution in [3.05, 3.63) is 66.2 Å². The van der Waals surface area contributed by atoms with E-state index in [-0.39, 0.29) is 12.6 Å². The van der Waals surface area contributed by atoms with Gasteiger partial charge in [-0.05, 0) is 30.3 Å². The van der Waals surface area contributed by atoms with E-state index in [1.807, 2.05) is 30.3 Å². The lowest BCUT2D eigenvalue weighted by molar-refractivity contribution is 0.0987. The van der Waals surface area contributed by atoms with Crippen molar-refractivity contribution >= 4 is 11.6 Å². The van der Waals surface area contributed by atoms with Gasteiger partial charge in [0.15, 0.2) is 0 Å². The summed E-state index contributed by atoms with van der Waals surface area (Å²) in [6.07, 6.45) is 0. The summed E-state index contributed by atoms with van der Waals surface area (Å²) in [7, 11) is 0. The van der Waals surface area contributed by atoms with Gasteiger partial charge in [0.05, 0.1) is 6.67 Å². The minimum atomic E-state index is -0.0979. The lowest BCUT2D eigenvalue weighted by Crippen LogP contribution is -2.35. The summed E-state index contributed by atoms with van der Waals surface area (Å²) in [5.41, 5.74) is 7.05. The van der Waals surface area contributed by atoms with Crippen LogP contribution in [0.5, 0.6) is 0 Å². The molecule has 0 bridgehead atoms. The largest absolute Gasteiger partial charge is 0.313 e. The zero-order chi connectivity index (χ0) is 12.1. The highest BCUT2D eigenvalue weighted by Gasteiger charge is 2.15. The standard InChI is InChI=1S/C14H13N2O/c15-11-16(13-9-5-2-6-10-13)14(17)12-7-3-1-4-8-12/h1,3-10H,11,15H2. The Kier molecular flexibility index (Phi) is 3.52. The molecule has 2 N–H and O–H groups in total. The van der Waals surface area contributed by atoms with Crippen molar-refractivity contribution in [2.75, 3.05) is 11.6 Å². The van der Waals surface area contributed by atoms with Gasteiger partial charge in [-0.2, -0.15) is 0 Å². The van der Waals surface area contributed by atoms with Crippen LogP contribution in [0.15, 0.2) is 54.6 Å². The first-order valence-electron chi connectivity index (χ1n) is 5.36. The fourth-order valence-corrected chi connectivity index (χ4v) is 1.60. The minimum Gasteiger partial charge on any atom is -0.313 e. The van der Waals surface area contributed by atoms with Crippen LogP contribution in [0.2, 0.25) is 0 Å². The number of carbonyl (C=O) groups excluding carboxylic acids is 1. The number of nitrogens with two attached hydrogens (primary N) is 1. The molecular weight excluding hydrogens is 212 g/mol. The van der Waals surface area contributed by atoms with Gasteiger partial charge in [0.2, 0.25) is 0 Å². The number of carbonyl (C=O) groups is 1. The fourth-order valence-electron chi connectivity index (χ4n) is 1.60. The lowest BCUT2D eigenvalue weighted by atomic mass is 10.2. The second-order valence-electron chi connectivity index (χ2n) is 3.54. The monoisotopic (exact) mass is 225 g/mol. The molecule has 2 aromatic rings. The molecule has 0 fully saturated rings. The Hall–Kier alpha value is -2.13. The molecule has 1 radical (unpaired) electrons. The van der Waals surface area contributed by atoms with E-state index in [1.54, 1.807) is 24.3 Å². The number of amides is 1. The van der Waals surface area contributed by atoms with E-state index in [2.05, 4.69) is 6.07 Å². The molecule has 0 saturated carbocycles. The van der Waals surface area contributed by atoms with E-state index < -0.39 is 0 Å². The smallest absolute Gasteiger partial charge is 0.259 e. The van der Waals surface area contributed by atoms with Crippen LogP contribution in [0.25, 0.3) is 0 Å². The van der Waals surface area contributed by atoms with Crippen LogP contribution >= 0.6 is 0 Å². The second kappa shape index (κ2) is 5.27. The summed E-state index contributed by atoms with van der Waals surface area (Å²) < 4.78 is 0. The molecule has 2 aromatic carbocycles. The predicted octanol–water partition coefficient (Wildman–Crippen LogP) is 2.05. The number of rotatable bonds is 3. The van der Waals surface area contributed by atoms with Gasteiger partial charge in [-0.25, -0.2) is 0 Å². The molecule has 0 aliphatic heterocycles. The zero-order valence-electron chi connectivity index (χ0n) is 9.34. The van der Waals surface area contributed by atoms with Crippen LogP contribution in [-0.2, 0) is 0 Å². The first-order valence-corrected chi connectivity index (χ1v) is 5.36. The Morgan fingerprint density at radius 3 is 2.35 bits per heavy atom. The first-order chi connectivity index (χ1) is 8.33. The van der Waals surface area contributed by atoms with Crippen molar-refractivity contribution in [2.45, 2.75) is 0 Å². The molecule has 0 saturated heterocycles. The second-order valence-corrected chi connectivity index (χ2v) is 3.54. The SMILES string of the molecule is NCN(C(=O)c1ccccc1)c1cc[c]cc1. The van der Waals surface area contributed by atoms with Gasteiger partial charge in [-0.15, -0.1) is 0 Å². The lowest BCUT2D eigenvalue weighted by Gasteiger charge is -2.20. The summed E-state index contributed by atoms with van der Waals surface area (Å²) in [5.74, 6) is -0.0979. The molecule has 3 nitrogen and oxygen atoms in total. The van der Waals surface area contributed by atoms with Crippen LogP contribution in [0.3, 0.4) is 0 Å². The number of nitrogens with zero attached hydrogens (tertiary/aromatic N) is 1. The number of anilines is 1. The van der Waals surface area contributed by atoms with Gasteiger partial charge in [0, 0.05) is 11.3 Å². The zero-order valence-corrected chi connectivity index (χ0v) is 9.34. The van der Waals surface area contributed by atoms with Crippen molar-refractivity contribution in [1.82, 2.24) is 0 Å². The summed E-state index contributed by atoms with van der Waals surface area (Å²) in [6, 6.07) is 19.2. The predicted molar refractivity (Wildman–Crippen MR) is 67.6 cm³/mol. The maximum absolute atomic E-state index is 12.2. The van der Waals surface area contributed by atoms with Crippen LogP contribution in [-0.4, -0.2) is 12.6 Å². The van der Waals surface area contributed by atoms with Crippen molar-refractivity contribution in [2.24, 2.45) is 5.73 Å². The maximum atomic E-state index is 12.2. The van der Waals surface area contributed by atoms with Crippen LogP contribution < -0.4 is 10.6 Å². The van der Waals surface area contributed by atoms with Crippen molar-refractivity contribution in [3.8, 4) is 0 Å². The number of benzene rings is 2. The fraction of sp³-hybridized carbons (Fsp3) is 0.0714. The molecule has 0 spiro atoms. The average Bonchev–Trinajstić information content (AvgIpc) is 2.42. The number of hydrogen-bond donors (Lipinski definition) is 1. The third-order valence-electron chi connectivity index (χ3n) is 2.46. The molecule has 0 heterocycles. The molecular formula is C14H13N2O. The third kappa shape index (κ3) is 2.52. The average molecular weight is 225 g/mol. The Bertz CT molecular complexity index is 482. The van der Waals surface area contributed by atoms with Crippen LogP contribution in [0.1, 0.15) is 10.4 Å². The van der Waals surface area contributed by atoms with Gasteiger partial charge in [0.1, 0.15) is 0 Å². The molecule has 0 unspecified atom stereocenters. The first kappa shape index (κ1) is 11.4. The highest BCUT2D eigenvalue weighted by atomic mass is 16.2. The summed E-state index contributed by atoms with van der Waals surface area (Å²) in [5, 5.41) is 0. The van der Waals surface area contributed by atoms with E-state index >= 15 is 0 Å². The molecule has 0 aromatic heterocycles. The maximum Gasteiger partial charge on any atom is 0.259 e. The molecule has 2 rings (SSSR count). The normalized spacial score (nSPS) is 9.94. The van der Waals surface area contributed by atoms with E-state index in [4.69, 9.17) is 5.73 Å². The Morgan fingerprint density at radius 1 is 1.12 bits per heavy atom. The van der Waals surface area contributed by atoms with Gasteiger partial charge in [-0.3, -0.25) is 9.69 Å². The van der Waals surface area contributed by atoms with E-state index in [0.29, 0.717) is 5.56 Å². The Morgan fingerprint density at radius 2 is 1.76 bits per heavy atom. The highest BCUT2D eigenvalue weighted by Crippen LogP contribution is 2.15. The molecule has 0 atom stereocenters. The van der Waals surface area contributed by atoms with Gasteiger partial charge in [0.25, 0.3) is 5.91 Å². The number of hydrogen-bond acceptors (Lipinski definition) is 2. The summed E-state index contributed by atoms with van der Waals surface area (Å²) in [6.45, 7) is 0.151. The van der Waals surface area contributed by atoms with Crippen molar-refractivity contribution < 1.29 is 4.79 Å². The van der Waals surface area contributed by atoms with Crippen LogP contribution in [0.4, 0.5) is 5.69 Å². The third-order valence-corrected chi connectivity index (χ3v) is 2.46. The van der Waals surface area contributed by atoms with E-state index in [1.165, 1.54) is 4.90 Å². The molecule has 0 aliphatic carbocycles. The van der Waals surface area contributed by atoms with E-state index in [0.717, 1.165) is 5.69 Å². The molecule has 1 amide bonds. The van der Waals surface area contributed by atoms with Gasteiger partial charge < -0.3 is 5.73 Å². The Balaban J connectivity index is 2.29. The molecule has 0 aliphatic rings. The van der Waals surface area contributed by atoms with E-state index in [9.17, 15) is 4.79 Å². The van der Waals surface area contributed by atoms with Gasteiger partial charge in [-0.1, -0.05) is 30.3 Å². The van der Waals surface area contributed by atoms with Crippen molar-refractivity contribution in [3.63, 3.8) is 0 Å².